The van der Waals surface area contributed by atoms with Gasteiger partial charge in [-0.3, -0.25) is 10.1 Å². The summed E-state index contributed by atoms with van der Waals surface area (Å²) in [5, 5.41) is 3.39. The largest absolute Gasteiger partial charge is 0.477 e. The molecule has 0 spiro atoms. The number of carbonyl (C=O) groups excluding carboxylic acids is 1. The van der Waals surface area contributed by atoms with Crippen LogP contribution in [-0.4, -0.2) is 27.5 Å². The first-order valence-corrected chi connectivity index (χ1v) is 7.38. The number of fused-ring (bicyclic) bond motifs is 1. The zero-order chi connectivity index (χ0) is 15.6. The fourth-order valence-corrected chi connectivity index (χ4v) is 1.88. The average Bonchev–Trinajstić information content (AvgIpc) is 2.39. The number of pyridine rings is 1. The van der Waals surface area contributed by atoms with E-state index in [9.17, 15) is 4.79 Å². The Morgan fingerprint density at radius 3 is 2.71 bits per heavy atom. The first kappa shape index (κ1) is 15.6. The molecule has 2 aromatic heterocycles. The van der Waals surface area contributed by atoms with E-state index in [1.54, 1.807) is 6.20 Å². The third kappa shape index (κ3) is 3.66. The van der Waals surface area contributed by atoms with Crippen LogP contribution in [0.2, 0.25) is 0 Å². The monoisotopic (exact) mass is 352 g/mol. The Morgan fingerprint density at radius 1 is 1.38 bits per heavy atom. The molecule has 2 aromatic rings. The number of anilines is 1. The van der Waals surface area contributed by atoms with Gasteiger partial charge in [-0.2, -0.15) is 9.97 Å². The van der Waals surface area contributed by atoms with E-state index < -0.39 is 5.41 Å². The highest BCUT2D eigenvalue weighted by atomic mass is 79.9. The summed E-state index contributed by atoms with van der Waals surface area (Å²) in [6.07, 6.45) is 1.64. The molecule has 6 nitrogen and oxygen atoms in total. The number of amides is 1. The zero-order valence-electron chi connectivity index (χ0n) is 12.4. The second-order valence-corrected chi connectivity index (χ2v) is 6.43. The van der Waals surface area contributed by atoms with Crippen LogP contribution in [0.3, 0.4) is 0 Å². The molecule has 0 saturated heterocycles. The molecule has 21 heavy (non-hydrogen) atoms. The van der Waals surface area contributed by atoms with Gasteiger partial charge < -0.3 is 4.74 Å². The van der Waals surface area contributed by atoms with Crippen molar-refractivity contribution >= 4 is 38.8 Å². The Labute approximate surface area is 131 Å². The lowest BCUT2D eigenvalue weighted by Gasteiger charge is -2.17. The van der Waals surface area contributed by atoms with Crippen LogP contribution in [-0.2, 0) is 4.79 Å². The van der Waals surface area contributed by atoms with Crippen molar-refractivity contribution in [1.29, 1.82) is 0 Å². The molecule has 2 rings (SSSR count). The molecule has 1 amide bonds. The predicted molar refractivity (Wildman–Crippen MR) is 84.3 cm³/mol. The Bertz CT molecular complexity index is 682. The molecule has 0 saturated carbocycles. The van der Waals surface area contributed by atoms with Gasteiger partial charge in [0.25, 0.3) is 0 Å². The van der Waals surface area contributed by atoms with Crippen molar-refractivity contribution in [3.63, 3.8) is 0 Å². The van der Waals surface area contributed by atoms with Crippen LogP contribution in [0.25, 0.3) is 11.0 Å². The van der Waals surface area contributed by atoms with Crippen LogP contribution >= 0.6 is 15.9 Å². The van der Waals surface area contributed by atoms with E-state index in [0.29, 0.717) is 23.5 Å². The van der Waals surface area contributed by atoms with Gasteiger partial charge in [-0.1, -0.05) is 20.8 Å². The maximum absolute atomic E-state index is 12.0. The molecule has 0 aliphatic rings. The molecule has 0 aliphatic heterocycles. The lowest BCUT2D eigenvalue weighted by atomic mass is 9.96. The lowest BCUT2D eigenvalue weighted by Crippen LogP contribution is -2.28. The first-order valence-electron chi connectivity index (χ1n) is 6.59. The maximum Gasteiger partial charge on any atom is 0.234 e. The molecule has 0 bridgehead atoms. The summed E-state index contributed by atoms with van der Waals surface area (Å²) in [4.78, 5) is 24.8. The number of nitrogens with one attached hydrogen (secondary N) is 1. The molecule has 0 fully saturated rings. The molecule has 0 aromatic carbocycles. The minimum atomic E-state index is -0.531. The van der Waals surface area contributed by atoms with E-state index in [1.807, 2.05) is 33.8 Å². The van der Waals surface area contributed by atoms with Gasteiger partial charge in [-0.05, 0) is 28.9 Å². The summed E-state index contributed by atoms with van der Waals surface area (Å²) in [5.41, 5.74) is -0.0575. The summed E-state index contributed by atoms with van der Waals surface area (Å²) < 4.78 is 6.33. The van der Waals surface area contributed by atoms with Crippen molar-refractivity contribution < 1.29 is 9.53 Å². The normalized spacial score (nSPS) is 11.5. The van der Waals surface area contributed by atoms with Crippen LogP contribution in [0.15, 0.2) is 16.7 Å². The fourth-order valence-electron chi connectivity index (χ4n) is 1.55. The summed E-state index contributed by atoms with van der Waals surface area (Å²) in [6, 6.07) is 1.84. The number of ether oxygens (including phenoxy) is 1. The van der Waals surface area contributed by atoms with Gasteiger partial charge in [0, 0.05) is 16.1 Å². The number of rotatable bonds is 3. The number of nitrogens with zero attached hydrogens (tertiary/aromatic N) is 3. The van der Waals surface area contributed by atoms with Crippen LogP contribution < -0.4 is 10.1 Å². The number of halogens is 1. The Morgan fingerprint density at radius 2 is 2.10 bits per heavy atom. The number of hydrogen-bond acceptors (Lipinski definition) is 5. The molecular formula is C14H17BrN4O2. The van der Waals surface area contributed by atoms with Crippen molar-refractivity contribution in [2.45, 2.75) is 27.7 Å². The molecule has 0 unspecified atom stereocenters. The molecule has 0 atom stereocenters. The van der Waals surface area contributed by atoms with Gasteiger partial charge in [-0.25, -0.2) is 4.98 Å². The van der Waals surface area contributed by atoms with Crippen molar-refractivity contribution in [2.75, 3.05) is 11.9 Å². The van der Waals surface area contributed by atoms with E-state index in [1.165, 1.54) is 0 Å². The minimum Gasteiger partial charge on any atom is -0.477 e. The highest BCUT2D eigenvalue weighted by molar-refractivity contribution is 9.10. The van der Waals surface area contributed by atoms with Gasteiger partial charge >= 0.3 is 0 Å². The Balaban J connectivity index is 2.47. The Hall–Kier alpha value is -1.76. The maximum atomic E-state index is 12.0. The Kier molecular flexibility index (Phi) is 4.41. The SMILES string of the molecule is CCOc1nc(NC(=O)C(C)(C)C)nc2ncc(Br)cc12. The van der Waals surface area contributed by atoms with Crippen LogP contribution in [0.5, 0.6) is 5.88 Å². The highest BCUT2D eigenvalue weighted by Crippen LogP contribution is 2.26. The third-order valence-electron chi connectivity index (χ3n) is 2.67. The molecule has 0 aliphatic carbocycles. The van der Waals surface area contributed by atoms with Gasteiger partial charge in [0.1, 0.15) is 0 Å². The zero-order valence-corrected chi connectivity index (χ0v) is 14.0. The second-order valence-electron chi connectivity index (χ2n) is 5.51. The van der Waals surface area contributed by atoms with Gasteiger partial charge in [-0.15, -0.1) is 0 Å². The standard InChI is InChI=1S/C14H17BrN4O2/c1-5-21-11-9-6-8(15)7-16-10(9)17-13(18-11)19-12(20)14(2,3)4/h6-7H,5H2,1-4H3,(H,16,17,18,19,20). The second kappa shape index (κ2) is 5.93. The van der Waals surface area contributed by atoms with E-state index in [2.05, 4.69) is 36.2 Å². The van der Waals surface area contributed by atoms with Gasteiger partial charge in [0.2, 0.25) is 17.7 Å². The molecule has 112 valence electrons. The van der Waals surface area contributed by atoms with E-state index in [-0.39, 0.29) is 11.9 Å². The summed E-state index contributed by atoms with van der Waals surface area (Å²) >= 11 is 3.36. The average molecular weight is 353 g/mol. The summed E-state index contributed by atoms with van der Waals surface area (Å²) in [6.45, 7) is 7.80. The van der Waals surface area contributed by atoms with Crippen molar-refractivity contribution in [2.24, 2.45) is 5.41 Å². The molecular weight excluding hydrogens is 336 g/mol. The third-order valence-corrected chi connectivity index (χ3v) is 3.10. The summed E-state index contributed by atoms with van der Waals surface area (Å²) in [7, 11) is 0. The topological polar surface area (TPSA) is 77.0 Å². The number of aromatic nitrogens is 3. The lowest BCUT2D eigenvalue weighted by molar-refractivity contribution is -0.123. The highest BCUT2D eigenvalue weighted by Gasteiger charge is 2.23. The molecule has 7 heteroatoms. The summed E-state index contributed by atoms with van der Waals surface area (Å²) in [5.74, 6) is 0.433. The van der Waals surface area contributed by atoms with Gasteiger partial charge in [0.05, 0.1) is 12.0 Å². The number of hydrogen-bond donors (Lipinski definition) is 1. The predicted octanol–water partition coefficient (Wildman–Crippen LogP) is 3.17. The van der Waals surface area contributed by atoms with Crippen LogP contribution in [0.1, 0.15) is 27.7 Å². The van der Waals surface area contributed by atoms with E-state index in [0.717, 1.165) is 4.47 Å². The van der Waals surface area contributed by atoms with E-state index >= 15 is 0 Å². The fraction of sp³-hybridized carbons (Fsp3) is 0.429. The molecule has 2 heterocycles. The van der Waals surface area contributed by atoms with Crippen LogP contribution in [0, 0.1) is 5.41 Å². The minimum absolute atomic E-state index is 0.165. The molecule has 1 N–H and O–H groups in total. The van der Waals surface area contributed by atoms with Crippen molar-refractivity contribution in [3.8, 4) is 5.88 Å². The molecule has 0 radical (unpaired) electrons. The van der Waals surface area contributed by atoms with Crippen molar-refractivity contribution in [3.05, 3.63) is 16.7 Å². The van der Waals surface area contributed by atoms with E-state index in [4.69, 9.17) is 4.74 Å². The quantitative estimate of drug-likeness (QED) is 0.917. The van der Waals surface area contributed by atoms with Crippen LogP contribution in [0.4, 0.5) is 5.95 Å². The smallest absolute Gasteiger partial charge is 0.234 e. The van der Waals surface area contributed by atoms with Crippen molar-refractivity contribution in [1.82, 2.24) is 15.0 Å². The first-order chi connectivity index (χ1) is 9.81. The number of carbonyl (C=O) groups is 1. The van der Waals surface area contributed by atoms with Gasteiger partial charge in [0.15, 0.2) is 5.65 Å².